The largest absolute Gasteiger partial charge is 0.456 e. The van der Waals surface area contributed by atoms with Crippen molar-refractivity contribution in [3.8, 4) is 11.1 Å². The molecule has 0 aliphatic carbocycles. The van der Waals surface area contributed by atoms with E-state index < -0.39 is 0 Å². The maximum atomic E-state index is 6.27. The zero-order valence-electron chi connectivity index (χ0n) is 27.3. The van der Waals surface area contributed by atoms with Crippen molar-refractivity contribution in [3.05, 3.63) is 168 Å². The minimum Gasteiger partial charge on any atom is -0.456 e. The molecule has 0 amide bonds. The number of nitrogens with one attached hydrogen (secondary N) is 2. The van der Waals surface area contributed by atoms with E-state index >= 15 is 0 Å². The van der Waals surface area contributed by atoms with Crippen molar-refractivity contribution in [2.75, 3.05) is 0 Å². The van der Waals surface area contributed by atoms with Gasteiger partial charge in [0.1, 0.15) is 29.3 Å². The van der Waals surface area contributed by atoms with Gasteiger partial charge in [0.25, 0.3) is 0 Å². The molecule has 3 aromatic heterocycles. The molecule has 0 saturated heterocycles. The maximum absolute atomic E-state index is 6.27. The Morgan fingerprint density at radius 3 is 2.24 bits per heavy atom. The Morgan fingerprint density at radius 2 is 1.29 bits per heavy atom. The topological polar surface area (TPSA) is 49.6 Å². The third-order valence-corrected chi connectivity index (χ3v) is 12.5. The second-order valence-electron chi connectivity index (χ2n) is 13.2. The Morgan fingerprint density at radius 1 is 0.529 bits per heavy atom. The van der Waals surface area contributed by atoms with E-state index in [1.54, 1.807) is 0 Å². The number of furan rings is 1. The van der Waals surface area contributed by atoms with Gasteiger partial charge in [0.15, 0.2) is 0 Å². The van der Waals surface area contributed by atoms with E-state index in [0.29, 0.717) is 0 Å². The zero-order valence-corrected chi connectivity index (χ0v) is 28.9. The van der Waals surface area contributed by atoms with Gasteiger partial charge in [0.2, 0.25) is 0 Å². The fraction of sp³-hybridized carbons (Fsp3) is 0.0444. The van der Waals surface area contributed by atoms with Crippen LogP contribution in [0.4, 0.5) is 0 Å². The van der Waals surface area contributed by atoms with E-state index in [1.807, 2.05) is 40.9 Å². The number of benzene rings is 7. The average Bonchev–Trinajstić information content (AvgIpc) is 3.88. The first kappa shape index (κ1) is 29.0. The molecule has 6 heteroatoms. The van der Waals surface area contributed by atoms with Crippen LogP contribution in [0.15, 0.2) is 161 Å². The Bertz CT molecular complexity index is 3010. The van der Waals surface area contributed by atoms with E-state index in [9.17, 15) is 0 Å². The van der Waals surface area contributed by atoms with Crippen LogP contribution in [0.3, 0.4) is 0 Å². The molecule has 1 aliphatic heterocycles. The number of amidine groups is 1. The highest BCUT2D eigenvalue weighted by Gasteiger charge is 2.28. The van der Waals surface area contributed by atoms with Gasteiger partial charge >= 0.3 is 0 Å². The third-order valence-electron chi connectivity index (χ3n) is 10.2. The number of rotatable bonds is 4. The van der Waals surface area contributed by atoms with E-state index in [0.717, 1.165) is 44.5 Å². The second kappa shape index (κ2) is 11.4. The molecular formula is C45H29N3OS2. The average molecular weight is 692 g/mol. The van der Waals surface area contributed by atoms with Crippen LogP contribution in [0.1, 0.15) is 29.0 Å². The highest BCUT2D eigenvalue weighted by molar-refractivity contribution is 7.26. The van der Waals surface area contributed by atoms with Gasteiger partial charge in [-0.2, -0.15) is 0 Å². The minimum absolute atomic E-state index is 0.190. The van der Waals surface area contributed by atoms with Crippen LogP contribution in [-0.4, -0.2) is 5.84 Å². The van der Waals surface area contributed by atoms with Crippen LogP contribution in [0.25, 0.3) is 73.4 Å². The Labute approximate surface area is 301 Å². The summed E-state index contributed by atoms with van der Waals surface area (Å²) in [7, 11) is 0. The summed E-state index contributed by atoms with van der Waals surface area (Å²) >= 11 is 3.73. The van der Waals surface area contributed by atoms with Crippen LogP contribution in [0, 0.1) is 0 Å². The van der Waals surface area contributed by atoms with Crippen LogP contribution in [0.5, 0.6) is 0 Å². The second-order valence-corrected chi connectivity index (χ2v) is 15.3. The summed E-state index contributed by atoms with van der Waals surface area (Å²) in [5.74, 6) is 0.866. The van der Waals surface area contributed by atoms with Crippen LogP contribution in [0.2, 0.25) is 0 Å². The standard InChI is InChI=1S/C45H29N3OS2/c1-2-10-26(11-3-1)43-46-44(48-45(47-43)34-16-9-18-37-41(34)33-13-4-6-17-36(33)49-37)28-20-22-31-35-24-27(21-23-39(35)50-40(31)25-28)29-14-8-15-32-30-12-5-7-19-38(30)51-42(29)32/h1-25,44-45,48H,(H,46,47). The third kappa shape index (κ3) is 4.65. The molecule has 0 bridgehead atoms. The number of hydrogen-bond donors (Lipinski definition) is 2. The Kier molecular flexibility index (Phi) is 6.46. The molecule has 2 N–H and O–H groups in total. The first-order valence-electron chi connectivity index (χ1n) is 17.2. The van der Waals surface area contributed by atoms with Gasteiger partial charge in [-0.05, 0) is 53.1 Å². The van der Waals surface area contributed by atoms with Gasteiger partial charge < -0.3 is 9.73 Å². The first-order chi connectivity index (χ1) is 25.2. The van der Waals surface area contributed by atoms with Crippen molar-refractivity contribution in [2.45, 2.75) is 12.3 Å². The molecule has 0 spiro atoms. The molecule has 0 saturated carbocycles. The number of para-hydroxylation sites is 1. The Hall–Kier alpha value is -5.79. The van der Waals surface area contributed by atoms with Crippen molar-refractivity contribution in [1.82, 2.24) is 10.6 Å². The lowest BCUT2D eigenvalue weighted by atomic mass is 10.00. The minimum atomic E-state index is -0.254. The molecule has 10 aromatic rings. The predicted octanol–water partition coefficient (Wildman–Crippen LogP) is 12.3. The zero-order chi connectivity index (χ0) is 33.5. The molecule has 7 aromatic carbocycles. The van der Waals surface area contributed by atoms with Crippen LogP contribution < -0.4 is 10.6 Å². The number of aliphatic imine (C=N–C) groups is 1. The molecule has 1 aliphatic rings. The summed E-state index contributed by atoms with van der Waals surface area (Å²) in [6.45, 7) is 0. The van der Waals surface area contributed by atoms with Gasteiger partial charge in [-0.15, -0.1) is 22.7 Å². The Balaban J connectivity index is 1.01. The highest BCUT2D eigenvalue weighted by Crippen LogP contribution is 2.43. The van der Waals surface area contributed by atoms with Crippen LogP contribution >= 0.6 is 22.7 Å². The molecule has 0 fully saturated rings. The normalized spacial score (nSPS) is 16.4. The molecule has 2 unspecified atom stereocenters. The molecule has 4 nitrogen and oxygen atoms in total. The molecule has 242 valence electrons. The molecule has 2 atom stereocenters. The van der Waals surface area contributed by atoms with Crippen LogP contribution in [-0.2, 0) is 0 Å². The van der Waals surface area contributed by atoms with Gasteiger partial charge in [0, 0.05) is 62.2 Å². The number of hydrogen-bond acceptors (Lipinski definition) is 6. The molecule has 11 rings (SSSR count). The fourth-order valence-corrected chi connectivity index (χ4v) is 10.2. The number of nitrogens with zero attached hydrogens (tertiary/aromatic N) is 1. The summed E-state index contributed by atoms with van der Waals surface area (Å²) in [6.07, 6.45) is -0.444. The monoisotopic (exact) mass is 691 g/mol. The lowest BCUT2D eigenvalue weighted by Crippen LogP contribution is -2.45. The van der Waals surface area contributed by atoms with Gasteiger partial charge in [-0.3, -0.25) is 5.32 Å². The lowest BCUT2D eigenvalue weighted by molar-refractivity contribution is 0.411. The number of thiophene rings is 2. The SMILES string of the molecule is c1ccc(C2=NC(c3ccc4c(c3)sc3ccc(-c5cccc6c5sc5ccccc56)cc34)NC(c3cccc4oc5ccccc5c34)N2)cc1. The van der Waals surface area contributed by atoms with Gasteiger partial charge in [-0.25, -0.2) is 4.99 Å². The van der Waals surface area contributed by atoms with E-state index in [2.05, 4.69) is 144 Å². The molecule has 4 heterocycles. The first-order valence-corrected chi connectivity index (χ1v) is 18.8. The van der Waals surface area contributed by atoms with Gasteiger partial charge in [0.05, 0.1) is 0 Å². The van der Waals surface area contributed by atoms with Crippen molar-refractivity contribution in [3.63, 3.8) is 0 Å². The summed E-state index contributed by atoms with van der Waals surface area (Å²) < 4.78 is 11.5. The smallest absolute Gasteiger partial charge is 0.135 e. The van der Waals surface area contributed by atoms with Crippen molar-refractivity contribution >= 4 is 90.8 Å². The maximum Gasteiger partial charge on any atom is 0.135 e. The van der Waals surface area contributed by atoms with E-state index in [4.69, 9.17) is 9.41 Å². The van der Waals surface area contributed by atoms with E-state index in [1.165, 1.54) is 51.5 Å². The van der Waals surface area contributed by atoms with Gasteiger partial charge in [-0.1, -0.05) is 115 Å². The molecule has 0 radical (unpaired) electrons. The predicted molar refractivity (Wildman–Crippen MR) is 216 cm³/mol. The number of fused-ring (bicyclic) bond motifs is 9. The van der Waals surface area contributed by atoms with Crippen molar-refractivity contribution in [2.24, 2.45) is 4.99 Å². The highest BCUT2D eigenvalue weighted by atomic mass is 32.1. The van der Waals surface area contributed by atoms with E-state index in [-0.39, 0.29) is 12.3 Å². The van der Waals surface area contributed by atoms with Crippen molar-refractivity contribution in [1.29, 1.82) is 0 Å². The molecule has 51 heavy (non-hydrogen) atoms. The summed E-state index contributed by atoms with van der Waals surface area (Å²) in [6, 6.07) is 54.2. The summed E-state index contributed by atoms with van der Waals surface area (Å²) in [4.78, 5) is 5.27. The summed E-state index contributed by atoms with van der Waals surface area (Å²) in [5.41, 5.74) is 7.64. The lowest BCUT2D eigenvalue weighted by Gasteiger charge is -2.32. The summed E-state index contributed by atoms with van der Waals surface area (Å²) in [5, 5.41) is 15.0. The van der Waals surface area contributed by atoms with Crippen molar-refractivity contribution < 1.29 is 4.42 Å². The quantitative estimate of drug-likeness (QED) is 0.193. The molecular weight excluding hydrogens is 663 g/mol. The fourth-order valence-electron chi connectivity index (χ4n) is 7.78.